The Morgan fingerprint density at radius 1 is 1.06 bits per heavy atom. The minimum absolute atomic E-state index is 0.0789. The fraction of sp³-hybridized carbons (Fsp3) is 0.375. The second-order valence-electron chi connectivity index (χ2n) is 8.59. The normalized spacial score (nSPS) is 17.6. The molecule has 0 bridgehead atoms. The molecule has 1 saturated carbocycles. The Labute approximate surface area is 207 Å². The molecule has 0 unspecified atom stereocenters. The lowest BCUT2D eigenvalue weighted by Crippen LogP contribution is -2.35. The zero-order chi connectivity index (χ0) is 25.1. The second kappa shape index (κ2) is 10.3. The molecule has 0 spiro atoms. The third-order valence-electron chi connectivity index (χ3n) is 6.07. The van der Waals surface area contributed by atoms with E-state index in [1.54, 1.807) is 37.2 Å². The SMILES string of the molecule is COc1nccc2oc(C(=O)Nc3ccc(Cl)cn3)c(NC(=O)[C@H]3CC[C@H](C(=O)N(C)C)CC3)c12. The van der Waals surface area contributed by atoms with Crippen molar-refractivity contribution in [3.63, 3.8) is 0 Å². The van der Waals surface area contributed by atoms with Crippen LogP contribution in [0.2, 0.25) is 5.02 Å². The summed E-state index contributed by atoms with van der Waals surface area (Å²) >= 11 is 5.87. The summed E-state index contributed by atoms with van der Waals surface area (Å²) in [4.78, 5) is 48.4. The fourth-order valence-electron chi connectivity index (χ4n) is 4.27. The molecule has 0 aliphatic heterocycles. The standard InChI is InChI=1S/C24H26ClN5O5/c1-30(2)24(33)14-6-4-13(5-7-14)21(31)29-19-18-16(10-11-26-23(18)34-3)35-20(19)22(32)28-17-9-8-15(25)12-27-17/h8-14H,4-7H2,1-3H3,(H,29,31)(H,27,28,32)/t13-,14-. The number of nitrogens with zero attached hydrogens (tertiary/aromatic N) is 3. The van der Waals surface area contributed by atoms with Crippen molar-refractivity contribution in [3.05, 3.63) is 41.4 Å². The number of carbonyl (C=O) groups excluding carboxylic acids is 3. The Morgan fingerprint density at radius 2 is 1.77 bits per heavy atom. The number of nitrogens with one attached hydrogen (secondary N) is 2. The highest BCUT2D eigenvalue weighted by molar-refractivity contribution is 6.30. The number of rotatable bonds is 6. The van der Waals surface area contributed by atoms with Gasteiger partial charge in [0.25, 0.3) is 5.91 Å². The number of furan rings is 1. The van der Waals surface area contributed by atoms with Gasteiger partial charge in [0.05, 0.1) is 12.1 Å². The van der Waals surface area contributed by atoms with Crippen molar-refractivity contribution in [3.8, 4) is 5.88 Å². The molecule has 3 aromatic rings. The molecule has 0 radical (unpaired) electrons. The molecule has 3 heterocycles. The first-order valence-electron chi connectivity index (χ1n) is 11.2. The van der Waals surface area contributed by atoms with E-state index in [-0.39, 0.29) is 46.8 Å². The van der Waals surface area contributed by atoms with Crippen LogP contribution in [0, 0.1) is 11.8 Å². The maximum atomic E-state index is 13.2. The summed E-state index contributed by atoms with van der Waals surface area (Å²) in [5.74, 6) is -0.787. The Balaban J connectivity index is 1.59. The van der Waals surface area contributed by atoms with E-state index < -0.39 is 5.91 Å². The second-order valence-corrected chi connectivity index (χ2v) is 9.02. The predicted molar refractivity (Wildman–Crippen MR) is 131 cm³/mol. The monoisotopic (exact) mass is 499 g/mol. The van der Waals surface area contributed by atoms with Gasteiger partial charge in [-0.2, -0.15) is 0 Å². The van der Waals surface area contributed by atoms with Gasteiger partial charge in [0.15, 0.2) is 0 Å². The molecule has 10 nitrogen and oxygen atoms in total. The molecular weight excluding hydrogens is 474 g/mol. The molecule has 11 heteroatoms. The van der Waals surface area contributed by atoms with Crippen molar-refractivity contribution in [2.24, 2.45) is 11.8 Å². The molecule has 3 amide bonds. The average Bonchev–Trinajstić information content (AvgIpc) is 3.23. The summed E-state index contributed by atoms with van der Waals surface area (Å²) in [6.07, 6.45) is 5.28. The number of halogens is 1. The number of aromatic nitrogens is 2. The summed E-state index contributed by atoms with van der Waals surface area (Å²) in [5.41, 5.74) is 0.509. The molecule has 1 fully saturated rings. The highest BCUT2D eigenvalue weighted by Gasteiger charge is 2.33. The minimum atomic E-state index is -0.603. The maximum absolute atomic E-state index is 13.2. The third-order valence-corrected chi connectivity index (χ3v) is 6.30. The first kappa shape index (κ1) is 24.5. The van der Waals surface area contributed by atoms with E-state index in [2.05, 4.69) is 20.6 Å². The molecule has 0 saturated heterocycles. The van der Waals surface area contributed by atoms with Crippen molar-refractivity contribution in [1.82, 2.24) is 14.9 Å². The van der Waals surface area contributed by atoms with E-state index in [9.17, 15) is 14.4 Å². The third kappa shape index (κ3) is 5.22. The molecule has 1 aliphatic carbocycles. The van der Waals surface area contributed by atoms with Crippen LogP contribution in [0.1, 0.15) is 36.2 Å². The first-order chi connectivity index (χ1) is 16.8. The van der Waals surface area contributed by atoms with Crippen LogP contribution in [0.15, 0.2) is 35.0 Å². The summed E-state index contributed by atoms with van der Waals surface area (Å²) in [7, 11) is 4.91. The van der Waals surface area contributed by atoms with Crippen LogP contribution in [0.5, 0.6) is 5.88 Å². The maximum Gasteiger partial charge on any atom is 0.294 e. The zero-order valence-electron chi connectivity index (χ0n) is 19.6. The van der Waals surface area contributed by atoms with Crippen LogP contribution in [0.4, 0.5) is 11.5 Å². The van der Waals surface area contributed by atoms with Crippen molar-refractivity contribution < 1.29 is 23.5 Å². The molecular formula is C24H26ClN5O5. The molecule has 35 heavy (non-hydrogen) atoms. The van der Waals surface area contributed by atoms with Gasteiger partial charge >= 0.3 is 0 Å². The lowest BCUT2D eigenvalue weighted by molar-refractivity contribution is -0.135. The van der Waals surface area contributed by atoms with Crippen LogP contribution in [-0.2, 0) is 9.59 Å². The van der Waals surface area contributed by atoms with Crippen molar-refractivity contribution in [2.75, 3.05) is 31.8 Å². The lowest BCUT2D eigenvalue weighted by atomic mass is 9.81. The fourth-order valence-corrected chi connectivity index (χ4v) is 4.38. The topological polar surface area (TPSA) is 127 Å². The molecule has 2 N–H and O–H groups in total. The van der Waals surface area contributed by atoms with E-state index in [0.29, 0.717) is 41.7 Å². The highest BCUT2D eigenvalue weighted by atomic mass is 35.5. The zero-order valence-corrected chi connectivity index (χ0v) is 20.4. The molecule has 0 atom stereocenters. The number of pyridine rings is 2. The van der Waals surface area contributed by atoms with Gasteiger partial charge in [-0.25, -0.2) is 9.97 Å². The number of hydrogen-bond donors (Lipinski definition) is 2. The number of ether oxygens (including phenoxy) is 1. The smallest absolute Gasteiger partial charge is 0.294 e. The van der Waals surface area contributed by atoms with Crippen molar-refractivity contribution in [1.29, 1.82) is 0 Å². The van der Waals surface area contributed by atoms with Gasteiger partial charge in [-0.1, -0.05) is 11.6 Å². The van der Waals surface area contributed by atoms with Crippen LogP contribution < -0.4 is 15.4 Å². The number of anilines is 2. The first-order valence-corrected chi connectivity index (χ1v) is 11.6. The quantitative estimate of drug-likeness (QED) is 0.525. The van der Waals surface area contributed by atoms with E-state index in [0.717, 1.165) is 0 Å². The van der Waals surface area contributed by atoms with Crippen LogP contribution in [0.3, 0.4) is 0 Å². The molecule has 1 aliphatic rings. The molecule has 184 valence electrons. The number of methoxy groups -OCH3 is 1. The van der Waals surface area contributed by atoms with Gasteiger partial charge < -0.3 is 24.7 Å². The van der Waals surface area contributed by atoms with Crippen LogP contribution in [-0.4, -0.2) is 53.8 Å². The summed E-state index contributed by atoms with van der Waals surface area (Å²) in [5, 5.41) is 6.33. The van der Waals surface area contributed by atoms with E-state index in [1.807, 2.05) is 0 Å². The number of amides is 3. The van der Waals surface area contributed by atoms with Gasteiger partial charge in [-0.15, -0.1) is 0 Å². The Kier molecular flexibility index (Phi) is 7.20. The number of carbonyl (C=O) groups is 3. The number of hydrogen-bond acceptors (Lipinski definition) is 7. The lowest BCUT2D eigenvalue weighted by Gasteiger charge is -2.28. The highest BCUT2D eigenvalue weighted by Crippen LogP contribution is 2.38. The number of fused-ring (bicyclic) bond motifs is 1. The molecule has 4 rings (SSSR count). The van der Waals surface area contributed by atoms with Gasteiger partial charge in [0, 0.05) is 44.4 Å². The summed E-state index contributed by atoms with van der Waals surface area (Å²) in [6, 6.07) is 4.73. The average molecular weight is 500 g/mol. The summed E-state index contributed by atoms with van der Waals surface area (Å²) in [6.45, 7) is 0. The van der Waals surface area contributed by atoms with E-state index in [4.69, 9.17) is 20.8 Å². The largest absolute Gasteiger partial charge is 0.480 e. The van der Waals surface area contributed by atoms with Gasteiger partial charge in [0.1, 0.15) is 22.5 Å². The Morgan fingerprint density at radius 3 is 2.40 bits per heavy atom. The Bertz CT molecular complexity index is 1250. The van der Waals surface area contributed by atoms with Gasteiger partial charge in [-0.05, 0) is 37.8 Å². The predicted octanol–water partition coefficient (Wildman–Crippen LogP) is 3.97. The van der Waals surface area contributed by atoms with Gasteiger partial charge in [-0.3, -0.25) is 14.4 Å². The van der Waals surface area contributed by atoms with Gasteiger partial charge in [0.2, 0.25) is 23.5 Å². The molecule has 0 aromatic carbocycles. The minimum Gasteiger partial charge on any atom is -0.480 e. The van der Waals surface area contributed by atoms with E-state index in [1.165, 1.54) is 19.5 Å². The van der Waals surface area contributed by atoms with Crippen molar-refractivity contribution in [2.45, 2.75) is 25.7 Å². The van der Waals surface area contributed by atoms with Crippen LogP contribution in [0.25, 0.3) is 11.0 Å². The van der Waals surface area contributed by atoms with Crippen molar-refractivity contribution >= 4 is 51.8 Å². The van der Waals surface area contributed by atoms with E-state index >= 15 is 0 Å². The van der Waals surface area contributed by atoms with Crippen LogP contribution >= 0.6 is 11.6 Å². The molecule has 3 aromatic heterocycles. The summed E-state index contributed by atoms with van der Waals surface area (Å²) < 4.78 is 11.2. The Hall–Kier alpha value is -3.66.